The van der Waals surface area contributed by atoms with Gasteiger partial charge in [0.15, 0.2) is 0 Å². The van der Waals surface area contributed by atoms with Gasteiger partial charge in [0.25, 0.3) is 0 Å². The fourth-order valence-corrected chi connectivity index (χ4v) is 2.52. The van der Waals surface area contributed by atoms with Crippen molar-refractivity contribution in [2.45, 2.75) is 40.5 Å². The van der Waals surface area contributed by atoms with Gasteiger partial charge in [0.2, 0.25) is 0 Å². The predicted octanol–water partition coefficient (Wildman–Crippen LogP) is 3.77. The number of aryl methyl sites for hydroxylation is 1. The van der Waals surface area contributed by atoms with Gasteiger partial charge >= 0.3 is 5.97 Å². The Morgan fingerprint density at radius 1 is 1.30 bits per heavy atom. The molecule has 0 radical (unpaired) electrons. The van der Waals surface area contributed by atoms with E-state index >= 15 is 0 Å². The Kier molecular flexibility index (Phi) is 6.56. The molecule has 0 spiro atoms. The molecule has 1 aromatic rings. The average Bonchev–Trinajstić information content (AvgIpc) is 2.38. The number of carbonyl (C=O) groups excluding carboxylic acids is 1. The maximum atomic E-state index is 12.1. The van der Waals surface area contributed by atoms with Crippen molar-refractivity contribution >= 4 is 5.97 Å². The Balaban J connectivity index is 2.94. The third-order valence-electron chi connectivity index (χ3n) is 3.34. The molecule has 0 aromatic heterocycles. The molecular weight excluding hydrogens is 252 g/mol. The Hall–Kier alpha value is -1.51. The summed E-state index contributed by atoms with van der Waals surface area (Å²) in [6.45, 7) is 8.54. The third kappa shape index (κ3) is 4.55. The maximum Gasteiger partial charge on any atom is 0.309 e. The Morgan fingerprint density at radius 2 is 2.00 bits per heavy atom. The molecule has 0 heterocycles. The zero-order valence-corrected chi connectivity index (χ0v) is 13.2. The van der Waals surface area contributed by atoms with Crippen LogP contribution in [0.2, 0.25) is 0 Å². The van der Waals surface area contributed by atoms with E-state index in [1.54, 1.807) is 7.11 Å². The fourth-order valence-electron chi connectivity index (χ4n) is 2.52. The summed E-state index contributed by atoms with van der Waals surface area (Å²) >= 11 is 0. The highest BCUT2D eigenvalue weighted by Crippen LogP contribution is 2.28. The lowest BCUT2D eigenvalue weighted by molar-refractivity contribution is -0.148. The summed E-state index contributed by atoms with van der Waals surface area (Å²) in [6.07, 6.45) is 1.50. The van der Waals surface area contributed by atoms with Gasteiger partial charge in [0, 0.05) is 0 Å². The smallest absolute Gasteiger partial charge is 0.309 e. The van der Waals surface area contributed by atoms with Crippen LogP contribution in [0.15, 0.2) is 18.2 Å². The molecule has 0 bridgehead atoms. The highest BCUT2D eigenvalue weighted by atomic mass is 16.5. The number of hydrogen-bond acceptors (Lipinski definition) is 3. The number of rotatable bonds is 7. The zero-order chi connectivity index (χ0) is 15.1. The summed E-state index contributed by atoms with van der Waals surface area (Å²) < 4.78 is 10.7. The first-order chi connectivity index (χ1) is 9.49. The van der Waals surface area contributed by atoms with Crippen molar-refractivity contribution in [3.63, 3.8) is 0 Å². The molecule has 0 amide bonds. The Bertz CT molecular complexity index is 438. The topological polar surface area (TPSA) is 35.5 Å². The molecule has 112 valence electrons. The Labute approximate surface area is 122 Å². The van der Waals surface area contributed by atoms with Gasteiger partial charge < -0.3 is 9.47 Å². The number of hydrogen-bond donors (Lipinski definition) is 0. The molecule has 0 aliphatic heterocycles. The van der Waals surface area contributed by atoms with Crippen LogP contribution in [0, 0.1) is 18.8 Å². The second-order valence-electron chi connectivity index (χ2n) is 5.55. The lowest BCUT2D eigenvalue weighted by Gasteiger charge is -2.19. The van der Waals surface area contributed by atoms with Crippen molar-refractivity contribution in [1.82, 2.24) is 0 Å². The molecule has 1 unspecified atom stereocenters. The van der Waals surface area contributed by atoms with Crippen molar-refractivity contribution in [1.29, 1.82) is 0 Å². The SMILES string of the molecule is CCOC(=O)C(Cc1cccc(C)c1OC)CC(C)C. The first-order valence-corrected chi connectivity index (χ1v) is 7.28. The van der Waals surface area contributed by atoms with Crippen LogP contribution >= 0.6 is 0 Å². The quantitative estimate of drug-likeness (QED) is 0.712. The largest absolute Gasteiger partial charge is 0.496 e. The first kappa shape index (κ1) is 16.5. The van der Waals surface area contributed by atoms with Gasteiger partial charge in [-0.1, -0.05) is 32.0 Å². The van der Waals surface area contributed by atoms with E-state index in [1.807, 2.05) is 32.0 Å². The minimum Gasteiger partial charge on any atom is -0.496 e. The third-order valence-corrected chi connectivity index (χ3v) is 3.34. The average molecular weight is 278 g/mol. The molecule has 3 heteroatoms. The van der Waals surface area contributed by atoms with Gasteiger partial charge in [0.1, 0.15) is 5.75 Å². The van der Waals surface area contributed by atoms with E-state index in [4.69, 9.17) is 9.47 Å². The fraction of sp³-hybridized carbons (Fsp3) is 0.588. The van der Waals surface area contributed by atoms with Gasteiger partial charge in [-0.2, -0.15) is 0 Å². The molecular formula is C17H26O3. The molecule has 0 aliphatic carbocycles. The lowest BCUT2D eigenvalue weighted by atomic mass is 9.90. The number of ether oxygens (including phenoxy) is 2. The maximum absolute atomic E-state index is 12.1. The molecule has 0 aliphatic rings. The zero-order valence-electron chi connectivity index (χ0n) is 13.2. The van der Waals surface area contributed by atoms with E-state index < -0.39 is 0 Å². The van der Waals surface area contributed by atoms with Gasteiger partial charge in [-0.05, 0) is 43.7 Å². The van der Waals surface area contributed by atoms with Gasteiger partial charge in [-0.25, -0.2) is 0 Å². The van der Waals surface area contributed by atoms with Crippen LogP contribution in [0.25, 0.3) is 0 Å². The van der Waals surface area contributed by atoms with E-state index in [0.29, 0.717) is 18.9 Å². The van der Waals surface area contributed by atoms with Crippen LogP contribution < -0.4 is 4.74 Å². The van der Waals surface area contributed by atoms with E-state index in [1.165, 1.54) is 0 Å². The van der Waals surface area contributed by atoms with Crippen molar-refractivity contribution in [2.24, 2.45) is 11.8 Å². The van der Waals surface area contributed by atoms with Gasteiger partial charge in [-0.3, -0.25) is 4.79 Å². The van der Waals surface area contributed by atoms with Gasteiger partial charge in [-0.15, -0.1) is 0 Å². The second kappa shape index (κ2) is 7.93. The molecule has 0 fully saturated rings. The highest BCUT2D eigenvalue weighted by Gasteiger charge is 2.23. The minimum atomic E-state index is -0.107. The normalized spacial score (nSPS) is 12.3. The first-order valence-electron chi connectivity index (χ1n) is 7.28. The number of esters is 1. The lowest BCUT2D eigenvalue weighted by Crippen LogP contribution is -2.22. The summed E-state index contributed by atoms with van der Waals surface area (Å²) in [5.74, 6) is 1.13. The van der Waals surface area contributed by atoms with Crippen molar-refractivity contribution in [2.75, 3.05) is 13.7 Å². The Morgan fingerprint density at radius 3 is 2.55 bits per heavy atom. The van der Waals surface area contributed by atoms with Crippen molar-refractivity contribution in [3.8, 4) is 5.75 Å². The summed E-state index contributed by atoms with van der Waals surface area (Å²) in [6, 6.07) is 6.05. The molecule has 3 nitrogen and oxygen atoms in total. The van der Waals surface area contributed by atoms with Crippen LogP contribution in [0.4, 0.5) is 0 Å². The monoisotopic (exact) mass is 278 g/mol. The number of benzene rings is 1. The molecule has 1 atom stereocenters. The van der Waals surface area contributed by atoms with Gasteiger partial charge in [0.05, 0.1) is 19.6 Å². The summed E-state index contributed by atoms with van der Waals surface area (Å²) in [5, 5.41) is 0. The number of para-hydroxylation sites is 1. The predicted molar refractivity (Wildman–Crippen MR) is 81.0 cm³/mol. The standard InChI is InChI=1S/C17H26O3/c1-6-20-17(18)15(10-12(2)3)11-14-9-7-8-13(4)16(14)19-5/h7-9,12,15H,6,10-11H2,1-5H3. The van der Waals surface area contributed by atoms with Crippen LogP contribution in [0.5, 0.6) is 5.75 Å². The molecule has 20 heavy (non-hydrogen) atoms. The van der Waals surface area contributed by atoms with E-state index in [0.717, 1.165) is 23.3 Å². The van der Waals surface area contributed by atoms with Crippen LogP contribution in [0.1, 0.15) is 38.3 Å². The highest BCUT2D eigenvalue weighted by molar-refractivity contribution is 5.73. The van der Waals surface area contributed by atoms with Crippen LogP contribution in [0.3, 0.4) is 0 Å². The molecule has 0 saturated heterocycles. The summed E-state index contributed by atoms with van der Waals surface area (Å²) in [7, 11) is 1.67. The molecule has 1 aromatic carbocycles. The van der Waals surface area contributed by atoms with E-state index in [-0.39, 0.29) is 11.9 Å². The van der Waals surface area contributed by atoms with E-state index in [2.05, 4.69) is 13.8 Å². The molecule has 1 rings (SSSR count). The number of carbonyl (C=O) groups is 1. The minimum absolute atomic E-state index is 0.106. The number of methoxy groups -OCH3 is 1. The summed E-state index contributed by atoms with van der Waals surface area (Å²) in [4.78, 5) is 12.1. The van der Waals surface area contributed by atoms with Crippen molar-refractivity contribution < 1.29 is 14.3 Å². The van der Waals surface area contributed by atoms with Crippen molar-refractivity contribution in [3.05, 3.63) is 29.3 Å². The molecule has 0 saturated carbocycles. The molecule has 0 N–H and O–H groups in total. The summed E-state index contributed by atoms with van der Waals surface area (Å²) in [5.41, 5.74) is 2.17. The van der Waals surface area contributed by atoms with E-state index in [9.17, 15) is 4.79 Å². The van der Waals surface area contributed by atoms with Crippen LogP contribution in [-0.4, -0.2) is 19.7 Å². The van der Waals surface area contributed by atoms with Crippen LogP contribution in [-0.2, 0) is 16.0 Å². The second-order valence-corrected chi connectivity index (χ2v) is 5.55.